The second-order valence-electron chi connectivity index (χ2n) is 5.97. The second kappa shape index (κ2) is 8.34. The van der Waals surface area contributed by atoms with Gasteiger partial charge in [-0.2, -0.15) is 0 Å². The van der Waals surface area contributed by atoms with Gasteiger partial charge >= 0.3 is 0 Å². The van der Waals surface area contributed by atoms with Crippen molar-refractivity contribution in [1.29, 1.82) is 0 Å². The van der Waals surface area contributed by atoms with Crippen LogP contribution in [0, 0.1) is 5.92 Å². The number of nitrogens with one attached hydrogen (secondary N) is 1. The van der Waals surface area contributed by atoms with E-state index in [4.69, 9.17) is 5.84 Å². The molecule has 19 heavy (non-hydrogen) atoms. The van der Waals surface area contributed by atoms with Crippen molar-refractivity contribution in [3.05, 3.63) is 35.9 Å². The number of hydrogen-bond donors (Lipinski definition) is 2. The smallest absolute Gasteiger partial charge is 0.0213 e. The van der Waals surface area contributed by atoms with E-state index in [1.54, 1.807) is 0 Å². The average Bonchev–Trinajstić information content (AvgIpc) is 2.49. The molecule has 1 aromatic rings. The first kappa shape index (κ1) is 14.5. The number of rotatable bonds is 7. The third-order valence-corrected chi connectivity index (χ3v) is 4.51. The van der Waals surface area contributed by atoms with Crippen molar-refractivity contribution in [1.82, 2.24) is 5.43 Å². The highest BCUT2D eigenvalue weighted by molar-refractivity contribution is 5.14. The van der Waals surface area contributed by atoms with Crippen molar-refractivity contribution >= 4 is 0 Å². The molecular formula is C17H28N2. The fourth-order valence-corrected chi connectivity index (χ4v) is 3.21. The maximum Gasteiger partial charge on any atom is 0.0213 e. The van der Waals surface area contributed by atoms with Crippen molar-refractivity contribution in [2.75, 3.05) is 0 Å². The highest BCUT2D eigenvalue weighted by atomic mass is 15.2. The highest BCUT2D eigenvalue weighted by Gasteiger charge is 2.15. The van der Waals surface area contributed by atoms with Gasteiger partial charge in [0.25, 0.3) is 0 Å². The lowest BCUT2D eigenvalue weighted by atomic mass is 9.85. The molecule has 0 bridgehead atoms. The van der Waals surface area contributed by atoms with Crippen LogP contribution in [0.3, 0.4) is 0 Å². The minimum Gasteiger partial charge on any atom is -0.271 e. The van der Waals surface area contributed by atoms with E-state index in [1.165, 1.54) is 50.5 Å². The maximum absolute atomic E-state index is 5.70. The van der Waals surface area contributed by atoms with Gasteiger partial charge in [0.2, 0.25) is 0 Å². The van der Waals surface area contributed by atoms with E-state index < -0.39 is 0 Å². The summed E-state index contributed by atoms with van der Waals surface area (Å²) in [6, 6.07) is 11.2. The molecule has 1 atom stereocenters. The SMILES string of the molecule is NNC(CCc1ccccc1)CCC1CCCCC1. The summed E-state index contributed by atoms with van der Waals surface area (Å²) in [4.78, 5) is 0. The topological polar surface area (TPSA) is 38.0 Å². The predicted octanol–water partition coefficient (Wildman–Crippen LogP) is 3.81. The van der Waals surface area contributed by atoms with Gasteiger partial charge in [0.1, 0.15) is 0 Å². The van der Waals surface area contributed by atoms with Gasteiger partial charge in [0.15, 0.2) is 0 Å². The summed E-state index contributed by atoms with van der Waals surface area (Å²) >= 11 is 0. The Morgan fingerprint density at radius 2 is 1.79 bits per heavy atom. The van der Waals surface area contributed by atoms with Crippen LogP contribution < -0.4 is 11.3 Å². The lowest BCUT2D eigenvalue weighted by Crippen LogP contribution is -2.35. The summed E-state index contributed by atoms with van der Waals surface area (Å²) < 4.78 is 0. The Kier molecular flexibility index (Phi) is 6.38. The van der Waals surface area contributed by atoms with Crippen LogP contribution in [0.15, 0.2) is 30.3 Å². The van der Waals surface area contributed by atoms with Crippen molar-refractivity contribution < 1.29 is 0 Å². The molecule has 0 saturated heterocycles. The molecule has 1 aliphatic carbocycles. The molecule has 0 aromatic heterocycles. The highest BCUT2D eigenvalue weighted by Crippen LogP contribution is 2.28. The average molecular weight is 260 g/mol. The maximum atomic E-state index is 5.70. The standard InChI is InChI=1S/C17H28N2/c18-19-17(13-11-15-7-3-1-4-8-15)14-12-16-9-5-2-6-10-16/h1,3-4,7-8,16-17,19H,2,5-6,9-14,18H2. The molecule has 1 saturated carbocycles. The van der Waals surface area contributed by atoms with Gasteiger partial charge in [-0.25, -0.2) is 0 Å². The normalized spacial score (nSPS) is 18.4. The Morgan fingerprint density at radius 3 is 2.47 bits per heavy atom. The van der Waals surface area contributed by atoms with Gasteiger partial charge < -0.3 is 0 Å². The Morgan fingerprint density at radius 1 is 1.05 bits per heavy atom. The molecule has 1 aliphatic rings. The van der Waals surface area contributed by atoms with Crippen LogP contribution in [0.4, 0.5) is 0 Å². The Labute approximate surface area is 117 Å². The Bertz CT molecular complexity index is 330. The summed E-state index contributed by atoms with van der Waals surface area (Å²) in [5.41, 5.74) is 4.43. The monoisotopic (exact) mass is 260 g/mol. The second-order valence-corrected chi connectivity index (χ2v) is 5.97. The van der Waals surface area contributed by atoms with Crippen LogP contribution in [-0.4, -0.2) is 6.04 Å². The quantitative estimate of drug-likeness (QED) is 0.578. The van der Waals surface area contributed by atoms with Gasteiger partial charge in [-0.3, -0.25) is 11.3 Å². The van der Waals surface area contributed by atoms with Crippen molar-refractivity contribution in [3.8, 4) is 0 Å². The molecule has 2 heteroatoms. The zero-order chi connectivity index (χ0) is 13.3. The summed E-state index contributed by atoms with van der Waals surface area (Å²) in [5, 5.41) is 0. The summed E-state index contributed by atoms with van der Waals surface area (Å²) in [6.07, 6.45) is 12.1. The van der Waals surface area contributed by atoms with Gasteiger partial charge in [-0.05, 0) is 37.2 Å². The number of aryl methyl sites for hydroxylation is 1. The van der Waals surface area contributed by atoms with Crippen LogP contribution in [0.1, 0.15) is 56.9 Å². The van der Waals surface area contributed by atoms with E-state index in [9.17, 15) is 0 Å². The van der Waals surface area contributed by atoms with Crippen LogP contribution in [0.2, 0.25) is 0 Å². The minimum absolute atomic E-state index is 0.474. The number of nitrogens with two attached hydrogens (primary N) is 1. The molecule has 3 N–H and O–H groups in total. The van der Waals surface area contributed by atoms with E-state index in [0.717, 1.165) is 18.8 Å². The largest absolute Gasteiger partial charge is 0.271 e. The third kappa shape index (κ3) is 5.33. The van der Waals surface area contributed by atoms with E-state index in [0.29, 0.717) is 6.04 Å². The molecule has 0 aliphatic heterocycles. The summed E-state index contributed by atoms with van der Waals surface area (Å²) in [6.45, 7) is 0. The zero-order valence-electron chi connectivity index (χ0n) is 12.0. The van der Waals surface area contributed by atoms with E-state index >= 15 is 0 Å². The van der Waals surface area contributed by atoms with E-state index in [1.807, 2.05) is 0 Å². The molecule has 1 aromatic carbocycles. The fraction of sp³-hybridized carbons (Fsp3) is 0.647. The predicted molar refractivity (Wildman–Crippen MR) is 81.7 cm³/mol. The van der Waals surface area contributed by atoms with Gasteiger partial charge in [0.05, 0.1) is 0 Å². The summed E-state index contributed by atoms with van der Waals surface area (Å²) in [5.74, 6) is 6.66. The molecule has 2 nitrogen and oxygen atoms in total. The van der Waals surface area contributed by atoms with Crippen LogP contribution in [0.5, 0.6) is 0 Å². The number of benzene rings is 1. The Hall–Kier alpha value is -0.860. The molecule has 0 radical (unpaired) electrons. The molecule has 1 unspecified atom stereocenters. The lowest BCUT2D eigenvalue weighted by Gasteiger charge is -2.24. The first-order valence-corrected chi connectivity index (χ1v) is 7.88. The van der Waals surface area contributed by atoms with Crippen molar-refractivity contribution in [3.63, 3.8) is 0 Å². The molecule has 0 heterocycles. The van der Waals surface area contributed by atoms with Gasteiger partial charge in [0, 0.05) is 6.04 Å². The van der Waals surface area contributed by atoms with E-state index in [2.05, 4.69) is 35.8 Å². The van der Waals surface area contributed by atoms with Crippen molar-refractivity contribution in [2.24, 2.45) is 11.8 Å². The minimum atomic E-state index is 0.474. The molecular weight excluding hydrogens is 232 g/mol. The number of hydrogen-bond acceptors (Lipinski definition) is 2. The summed E-state index contributed by atoms with van der Waals surface area (Å²) in [7, 11) is 0. The third-order valence-electron chi connectivity index (χ3n) is 4.51. The van der Waals surface area contributed by atoms with Gasteiger partial charge in [-0.1, -0.05) is 62.4 Å². The first-order chi connectivity index (χ1) is 9.38. The fourth-order valence-electron chi connectivity index (χ4n) is 3.21. The molecule has 1 fully saturated rings. The van der Waals surface area contributed by atoms with Gasteiger partial charge in [-0.15, -0.1) is 0 Å². The van der Waals surface area contributed by atoms with E-state index in [-0.39, 0.29) is 0 Å². The first-order valence-electron chi connectivity index (χ1n) is 7.88. The van der Waals surface area contributed by atoms with Crippen LogP contribution >= 0.6 is 0 Å². The Balaban J connectivity index is 1.67. The molecule has 106 valence electrons. The van der Waals surface area contributed by atoms with Crippen molar-refractivity contribution in [2.45, 2.75) is 63.8 Å². The lowest BCUT2D eigenvalue weighted by molar-refractivity contribution is 0.309. The van der Waals surface area contributed by atoms with Crippen LogP contribution in [-0.2, 0) is 6.42 Å². The molecule has 0 amide bonds. The molecule has 0 spiro atoms. The molecule has 2 rings (SSSR count). The zero-order valence-corrected chi connectivity index (χ0v) is 12.0. The van der Waals surface area contributed by atoms with Crippen LogP contribution in [0.25, 0.3) is 0 Å². The number of hydrazine groups is 1.